The lowest BCUT2D eigenvalue weighted by Crippen LogP contribution is -2.51. The number of hydrogen-bond donors (Lipinski definition) is 1. The normalized spacial score (nSPS) is 14.4. The first-order valence-corrected chi connectivity index (χ1v) is 9.68. The molecule has 8 heteroatoms. The number of piperazine rings is 1. The van der Waals surface area contributed by atoms with Gasteiger partial charge in [0.1, 0.15) is 0 Å². The van der Waals surface area contributed by atoms with Crippen molar-refractivity contribution >= 4 is 53.1 Å². The molecule has 1 aliphatic heterocycles. The molecule has 6 nitrogen and oxygen atoms in total. The highest BCUT2D eigenvalue weighted by atomic mass is 127. The van der Waals surface area contributed by atoms with Gasteiger partial charge < -0.3 is 20.4 Å². The van der Waals surface area contributed by atoms with E-state index in [1.165, 1.54) is 5.69 Å². The van der Waals surface area contributed by atoms with Crippen molar-refractivity contribution in [1.82, 2.24) is 9.80 Å². The molecule has 156 valence electrons. The van der Waals surface area contributed by atoms with Crippen molar-refractivity contribution in [1.29, 1.82) is 0 Å². The smallest absolute Gasteiger partial charge is 0.253 e. The molecule has 1 fully saturated rings. The summed E-state index contributed by atoms with van der Waals surface area (Å²) in [6, 6.07) is 15.4. The van der Waals surface area contributed by atoms with Gasteiger partial charge in [0.15, 0.2) is 5.96 Å². The van der Waals surface area contributed by atoms with Crippen LogP contribution < -0.4 is 10.6 Å². The maximum absolute atomic E-state index is 11.9. The van der Waals surface area contributed by atoms with E-state index in [1.807, 2.05) is 48.5 Å². The van der Waals surface area contributed by atoms with E-state index < -0.39 is 0 Å². The molecule has 0 spiro atoms. The Bertz CT molecular complexity index is 831. The van der Waals surface area contributed by atoms with E-state index in [0.29, 0.717) is 18.1 Å². The van der Waals surface area contributed by atoms with Gasteiger partial charge in [0.2, 0.25) is 0 Å². The van der Waals surface area contributed by atoms with Crippen LogP contribution in [0.2, 0.25) is 5.02 Å². The Morgan fingerprint density at radius 1 is 1.03 bits per heavy atom. The summed E-state index contributed by atoms with van der Waals surface area (Å²) in [5.41, 5.74) is 9.07. The number of halogens is 2. The molecule has 0 aliphatic carbocycles. The Hall–Kier alpha value is -2.00. The van der Waals surface area contributed by atoms with Crippen molar-refractivity contribution in [3.63, 3.8) is 0 Å². The number of anilines is 1. The second-order valence-corrected chi connectivity index (χ2v) is 7.46. The minimum Gasteiger partial charge on any atom is -0.370 e. The van der Waals surface area contributed by atoms with Crippen molar-refractivity contribution in [3.8, 4) is 0 Å². The minimum atomic E-state index is -0.00637. The summed E-state index contributed by atoms with van der Waals surface area (Å²) >= 11 is 5.96. The van der Waals surface area contributed by atoms with Crippen LogP contribution >= 0.6 is 35.6 Å². The zero-order valence-electron chi connectivity index (χ0n) is 16.7. The molecule has 0 bridgehead atoms. The number of guanidine groups is 1. The van der Waals surface area contributed by atoms with E-state index in [0.717, 1.165) is 36.8 Å². The Balaban J connectivity index is 0.00000300. The first-order valence-electron chi connectivity index (χ1n) is 9.30. The van der Waals surface area contributed by atoms with Crippen LogP contribution in [0.4, 0.5) is 5.69 Å². The highest BCUT2D eigenvalue weighted by Crippen LogP contribution is 2.19. The first-order chi connectivity index (χ1) is 13.4. The fourth-order valence-corrected chi connectivity index (χ4v) is 3.25. The molecule has 0 unspecified atom stereocenters. The van der Waals surface area contributed by atoms with E-state index in [2.05, 4.69) is 14.8 Å². The first kappa shape index (κ1) is 23.3. The van der Waals surface area contributed by atoms with Gasteiger partial charge in [-0.1, -0.05) is 23.7 Å². The van der Waals surface area contributed by atoms with E-state index in [9.17, 15) is 4.79 Å². The van der Waals surface area contributed by atoms with Crippen molar-refractivity contribution in [2.24, 2.45) is 10.7 Å². The van der Waals surface area contributed by atoms with Crippen LogP contribution in [0.1, 0.15) is 15.9 Å². The van der Waals surface area contributed by atoms with Crippen molar-refractivity contribution in [3.05, 3.63) is 64.7 Å². The lowest BCUT2D eigenvalue weighted by molar-refractivity contribution is 0.0827. The van der Waals surface area contributed by atoms with E-state index >= 15 is 0 Å². The number of nitrogens with two attached hydrogens (primary N) is 1. The third-order valence-electron chi connectivity index (χ3n) is 4.83. The SMILES string of the molecule is CN(C)C(=O)c1ccc(CN=C(N)N2CCN(c3ccc(Cl)cc3)CC2)cc1.I. The third kappa shape index (κ3) is 6.24. The van der Waals surface area contributed by atoms with Gasteiger partial charge in [0, 0.05) is 56.5 Å². The quantitative estimate of drug-likeness (QED) is 0.377. The van der Waals surface area contributed by atoms with Crippen molar-refractivity contribution in [2.45, 2.75) is 6.54 Å². The Kier molecular flexibility index (Phi) is 8.58. The predicted molar refractivity (Wildman–Crippen MR) is 130 cm³/mol. The highest BCUT2D eigenvalue weighted by molar-refractivity contribution is 14.0. The van der Waals surface area contributed by atoms with E-state index in [-0.39, 0.29) is 29.9 Å². The molecule has 0 saturated carbocycles. The van der Waals surface area contributed by atoms with Gasteiger partial charge in [-0.05, 0) is 42.0 Å². The Morgan fingerprint density at radius 3 is 2.17 bits per heavy atom. The summed E-state index contributed by atoms with van der Waals surface area (Å²) in [6.07, 6.45) is 0. The number of benzene rings is 2. The molecule has 1 saturated heterocycles. The molecule has 2 N–H and O–H groups in total. The number of hydrogen-bond acceptors (Lipinski definition) is 3. The fraction of sp³-hybridized carbons (Fsp3) is 0.333. The van der Waals surface area contributed by atoms with Gasteiger partial charge in [-0.25, -0.2) is 4.99 Å². The molecule has 0 aromatic heterocycles. The van der Waals surface area contributed by atoms with Gasteiger partial charge in [-0.15, -0.1) is 24.0 Å². The summed E-state index contributed by atoms with van der Waals surface area (Å²) in [5.74, 6) is 0.553. The van der Waals surface area contributed by atoms with Crippen LogP contribution in [0.3, 0.4) is 0 Å². The van der Waals surface area contributed by atoms with Gasteiger partial charge in [-0.2, -0.15) is 0 Å². The average molecular weight is 528 g/mol. The van der Waals surface area contributed by atoms with Gasteiger partial charge >= 0.3 is 0 Å². The highest BCUT2D eigenvalue weighted by Gasteiger charge is 2.18. The summed E-state index contributed by atoms with van der Waals surface area (Å²) in [7, 11) is 3.49. The molecule has 29 heavy (non-hydrogen) atoms. The molecule has 2 aromatic rings. The molecule has 2 aromatic carbocycles. The van der Waals surface area contributed by atoms with Crippen molar-refractivity contribution < 1.29 is 4.79 Å². The Labute approximate surface area is 194 Å². The van der Waals surface area contributed by atoms with Crippen molar-refractivity contribution in [2.75, 3.05) is 45.2 Å². The average Bonchev–Trinajstić information content (AvgIpc) is 2.72. The van der Waals surface area contributed by atoms with Crippen LogP contribution in [-0.2, 0) is 6.54 Å². The number of amides is 1. The van der Waals surface area contributed by atoms with Crippen LogP contribution in [0.15, 0.2) is 53.5 Å². The van der Waals surface area contributed by atoms with Gasteiger partial charge in [-0.3, -0.25) is 4.79 Å². The molecule has 3 rings (SSSR count). The monoisotopic (exact) mass is 527 g/mol. The summed E-state index contributed by atoms with van der Waals surface area (Å²) in [6.45, 7) is 3.93. The van der Waals surface area contributed by atoms with Gasteiger partial charge in [0.25, 0.3) is 5.91 Å². The molecule has 1 heterocycles. The second-order valence-electron chi connectivity index (χ2n) is 7.02. The van der Waals surface area contributed by atoms with Crippen LogP contribution in [0.25, 0.3) is 0 Å². The summed E-state index contributed by atoms with van der Waals surface area (Å²) < 4.78 is 0. The molecule has 0 radical (unpaired) electrons. The number of carbonyl (C=O) groups excluding carboxylic acids is 1. The second kappa shape index (κ2) is 10.7. The van der Waals surface area contributed by atoms with E-state index in [1.54, 1.807) is 19.0 Å². The number of nitrogens with zero attached hydrogens (tertiary/aromatic N) is 4. The molecule has 1 amide bonds. The number of carbonyl (C=O) groups is 1. The van der Waals surface area contributed by atoms with Crippen LogP contribution in [-0.4, -0.2) is 61.9 Å². The van der Waals surface area contributed by atoms with Crippen LogP contribution in [0, 0.1) is 0 Å². The standard InChI is InChI=1S/C21H26ClN5O.HI/c1-25(2)20(28)17-5-3-16(4-6-17)15-24-21(23)27-13-11-26(12-14-27)19-9-7-18(22)8-10-19;/h3-10H,11-15H2,1-2H3,(H2,23,24);1H. The zero-order valence-corrected chi connectivity index (χ0v) is 19.8. The molecular weight excluding hydrogens is 501 g/mol. The van der Waals surface area contributed by atoms with Crippen LogP contribution in [0.5, 0.6) is 0 Å². The minimum absolute atomic E-state index is 0. The summed E-state index contributed by atoms with van der Waals surface area (Å²) in [4.78, 5) is 22.5. The topological polar surface area (TPSA) is 65.2 Å². The zero-order chi connectivity index (χ0) is 20.1. The third-order valence-corrected chi connectivity index (χ3v) is 5.08. The number of aliphatic imine (C=N–C) groups is 1. The molecule has 0 atom stereocenters. The Morgan fingerprint density at radius 2 is 1.62 bits per heavy atom. The molecular formula is C21H27ClIN5O. The predicted octanol–water partition coefficient (Wildman–Crippen LogP) is 3.30. The van der Waals surface area contributed by atoms with E-state index in [4.69, 9.17) is 17.3 Å². The largest absolute Gasteiger partial charge is 0.370 e. The molecule has 1 aliphatic rings. The maximum Gasteiger partial charge on any atom is 0.253 e. The fourth-order valence-electron chi connectivity index (χ4n) is 3.13. The number of rotatable bonds is 4. The summed E-state index contributed by atoms with van der Waals surface area (Å²) in [5, 5.41) is 0.748. The van der Waals surface area contributed by atoms with Gasteiger partial charge in [0.05, 0.1) is 6.54 Å². The maximum atomic E-state index is 11.9. The lowest BCUT2D eigenvalue weighted by Gasteiger charge is -2.36. The lowest BCUT2D eigenvalue weighted by atomic mass is 10.1.